The first kappa shape index (κ1) is 16.8. The molecule has 2 aromatic rings. The number of aromatic nitrogens is 2. The van der Waals surface area contributed by atoms with E-state index in [4.69, 9.17) is 4.74 Å². The van der Waals surface area contributed by atoms with Crippen molar-refractivity contribution in [3.05, 3.63) is 45.3 Å². The normalized spacial score (nSPS) is 14.8. The number of hydrogen-bond acceptors (Lipinski definition) is 5. The molecule has 0 unspecified atom stereocenters. The number of anilines is 2. The van der Waals surface area contributed by atoms with E-state index < -0.39 is 0 Å². The van der Waals surface area contributed by atoms with Crippen molar-refractivity contribution < 1.29 is 4.74 Å². The van der Waals surface area contributed by atoms with Crippen molar-refractivity contribution in [2.24, 2.45) is 7.05 Å². The molecule has 0 bridgehead atoms. The number of piperazine rings is 1. The van der Waals surface area contributed by atoms with Crippen molar-refractivity contribution in [3.8, 4) is 5.75 Å². The predicted octanol–water partition coefficient (Wildman–Crippen LogP) is 2.27. The first-order valence-corrected chi connectivity index (χ1v) is 8.84. The largest absolute Gasteiger partial charge is 0.492 e. The van der Waals surface area contributed by atoms with Gasteiger partial charge < -0.3 is 14.5 Å². The number of para-hydroxylation sites is 2. The van der Waals surface area contributed by atoms with E-state index in [-0.39, 0.29) is 5.56 Å². The van der Waals surface area contributed by atoms with Gasteiger partial charge in [0.1, 0.15) is 10.2 Å². The molecule has 0 amide bonds. The van der Waals surface area contributed by atoms with Gasteiger partial charge in [0.25, 0.3) is 5.56 Å². The highest BCUT2D eigenvalue weighted by Crippen LogP contribution is 2.30. The molecule has 0 N–H and O–H groups in total. The summed E-state index contributed by atoms with van der Waals surface area (Å²) in [6.07, 6.45) is 1.75. The average Bonchev–Trinajstić information content (AvgIpc) is 2.61. The fraction of sp³-hybridized carbons (Fsp3) is 0.412. The molecule has 128 valence electrons. The predicted molar refractivity (Wildman–Crippen MR) is 99.2 cm³/mol. The van der Waals surface area contributed by atoms with Crippen molar-refractivity contribution in [1.29, 1.82) is 0 Å². The Labute approximate surface area is 149 Å². The molecule has 1 fully saturated rings. The van der Waals surface area contributed by atoms with Gasteiger partial charge >= 0.3 is 0 Å². The molecule has 0 radical (unpaired) electrons. The summed E-state index contributed by atoms with van der Waals surface area (Å²) in [7, 11) is 1.65. The van der Waals surface area contributed by atoms with Gasteiger partial charge in [-0.15, -0.1) is 0 Å². The van der Waals surface area contributed by atoms with E-state index in [1.165, 1.54) is 4.68 Å². The molecule has 2 heterocycles. The Hall–Kier alpha value is -2.02. The third-order valence-electron chi connectivity index (χ3n) is 4.19. The van der Waals surface area contributed by atoms with Crippen molar-refractivity contribution in [3.63, 3.8) is 0 Å². The van der Waals surface area contributed by atoms with Crippen LogP contribution in [0.25, 0.3) is 0 Å². The number of hydrogen-bond donors (Lipinski definition) is 0. The lowest BCUT2D eigenvalue weighted by atomic mass is 10.2. The molecule has 1 aromatic heterocycles. The van der Waals surface area contributed by atoms with Crippen LogP contribution in [0.5, 0.6) is 5.75 Å². The van der Waals surface area contributed by atoms with Crippen LogP contribution >= 0.6 is 15.9 Å². The SMILES string of the molecule is CCOc1ccccc1N1CCN(c2cnn(C)c(=O)c2Br)CC1. The molecule has 1 aromatic carbocycles. The molecular formula is C17H21BrN4O2. The number of benzene rings is 1. The van der Waals surface area contributed by atoms with Crippen LogP contribution in [0.1, 0.15) is 6.92 Å². The maximum absolute atomic E-state index is 12.0. The molecular weight excluding hydrogens is 372 g/mol. The van der Waals surface area contributed by atoms with Crippen LogP contribution in [-0.4, -0.2) is 42.6 Å². The van der Waals surface area contributed by atoms with Crippen molar-refractivity contribution in [2.75, 3.05) is 42.6 Å². The van der Waals surface area contributed by atoms with Crippen molar-refractivity contribution in [1.82, 2.24) is 9.78 Å². The Morgan fingerprint density at radius 3 is 2.42 bits per heavy atom. The lowest BCUT2D eigenvalue weighted by molar-refractivity contribution is 0.340. The molecule has 0 saturated carbocycles. The van der Waals surface area contributed by atoms with Crippen molar-refractivity contribution >= 4 is 27.3 Å². The zero-order valence-electron chi connectivity index (χ0n) is 13.9. The van der Waals surface area contributed by atoms with Crippen LogP contribution in [-0.2, 0) is 7.05 Å². The van der Waals surface area contributed by atoms with Crippen LogP contribution in [0.4, 0.5) is 11.4 Å². The summed E-state index contributed by atoms with van der Waals surface area (Å²) in [5.74, 6) is 0.921. The van der Waals surface area contributed by atoms with Gasteiger partial charge in [0.05, 0.1) is 24.2 Å². The number of aryl methyl sites for hydroxylation is 1. The molecule has 1 saturated heterocycles. The van der Waals surface area contributed by atoms with Gasteiger partial charge in [-0.3, -0.25) is 4.79 Å². The van der Waals surface area contributed by atoms with Crippen LogP contribution in [0.3, 0.4) is 0 Å². The highest BCUT2D eigenvalue weighted by molar-refractivity contribution is 9.10. The molecule has 0 spiro atoms. The number of halogens is 1. The second-order valence-electron chi connectivity index (χ2n) is 5.65. The number of nitrogens with zero attached hydrogens (tertiary/aromatic N) is 4. The molecule has 3 rings (SSSR count). The summed E-state index contributed by atoms with van der Waals surface area (Å²) >= 11 is 3.41. The number of ether oxygens (including phenoxy) is 1. The topological polar surface area (TPSA) is 50.6 Å². The molecule has 7 heteroatoms. The minimum atomic E-state index is -0.114. The lowest BCUT2D eigenvalue weighted by Gasteiger charge is -2.38. The zero-order chi connectivity index (χ0) is 17.1. The Kier molecular flexibility index (Phi) is 5.08. The van der Waals surface area contributed by atoms with E-state index >= 15 is 0 Å². The molecule has 6 nitrogen and oxygen atoms in total. The Balaban J connectivity index is 1.75. The highest BCUT2D eigenvalue weighted by Gasteiger charge is 2.22. The maximum atomic E-state index is 12.0. The molecule has 1 aliphatic rings. The van der Waals surface area contributed by atoms with Crippen molar-refractivity contribution in [2.45, 2.75) is 6.92 Å². The van der Waals surface area contributed by atoms with E-state index in [9.17, 15) is 4.79 Å². The van der Waals surface area contributed by atoms with Gasteiger partial charge in [0, 0.05) is 33.2 Å². The fourth-order valence-electron chi connectivity index (χ4n) is 2.91. The van der Waals surface area contributed by atoms with E-state index in [0.717, 1.165) is 43.3 Å². The molecule has 24 heavy (non-hydrogen) atoms. The summed E-state index contributed by atoms with van der Waals surface area (Å²) in [5.41, 5.74) is 1.87. The standard InChI is InChI=1S/C17H21BrN4O2/c1-3-24-15-7-5-4-6-13(15)21-8-10-22(11-9-21)14-12-19-20(2)17(23)16(14)18/h4-7,12H,3,8-11H2,1-2H3. The van der Waals surface area contributed by atoms with Gasteiger partial charge in [0.15, 0.2) is 0 Å². The highest BCUT2D eigenvalue weighted by atomic mass is 79.9. The van der Waals surface area contributed by atoms with E-state index in [0.29, 0.717) is 11.1 Å². The first-order valence-electron chi connectivity index (χ1n) is 8.05. The third-order valence-corrected chi connectivity index (χ3v) is 4.93. The summed E-state index contributed by atoms with van der Waals surface area (Å²) < 4.78 is 7.64. The maximum Gasteiger partial charge on any atom is 0.282 e. The monoisotopic (exact) mass is 392 g/mol. The average molecular weight is 393 g/mol. The van der Waals surface area contributed by atoms with Crippen LogP contribution in [0.2, 0.25) is 0 Å². The Morgan fingerprint density at radius 1 is 1.12 bits per heavy atom. The summed E-state index contributed by atoms with van der Waals surface area (Å²) in [6.45, 7) is 6.04. The van der Waals surface area contributed by atoms with Gasteiger partial charge in [-0.05, 0) is 35.0 Å². The lowest BCUT2D eigenvalue weighted by Crippen LogP contribution is -2.47. The second-order valence-corrected chi connectivity index (χ2v) is 6.44. The molecule has 1 aliphatic heterocycles. The fourth-order valence-corrected chi connectivity index (χ4v) is 3.52. The minimum absolute atomic E-state index is 0.114. The molecule has 0 aliphatic carbocycles. The quantitative estimate of drug-likeness (QED) is 0.798. The third kappa shape index (κ3) is 3.26. The van der Waals surface area contributed by atoms with Crippen LogP contribution in [0.15, 0.2) is 39.7 Å². The van der Waals surface area contributed by atoms with Crippen LogP contribution in [0, 0.1) is 0 Å². The Morgan fingerprint density at radius 2 is 1.75 bits per heavy atom. The summed E-state index contributed by atoms with van der Waals surface area (Å²) in [4.78, 5) is 16.6. The van der Waals surface area contributed by atoms with Gasteiger partial charge in [-0.1, -0.05) is 12.1 Å². The summed E-state index contributed by atoms with van der Waals surface area (Å²) in [5, 5.41) is 4.13. The Bertz CT molecular complexity index is 769. The van der Waals surface area contributed by atoms with Gasteiger partial charge in [0.2, 0.25) is 0 Å². The van der Waals surface area contributed by atoms with Crippen LogP contribution < -0.4 is 20.1 Å². The first-order chi connectivity index (χ1) is 11.6. The second kappa shape index (κ2) is 7.25. The zero-order valence-corrected chi connectivity index (χ0v) is 15.5. The summed E-state index contributed by atoms with van der Waals surface area (Å²) in [6, 6.07) is 8.13. The minimum Gasteiger partial charge on any atom is -0.492 e. The smallest absolute Gasteiger partial charge is 0.282 e. The van der Waals surface area contributed by atoms with E-state index in [2.05, 4.69) is 36.9 Å². The number of rotatable bonds is 4. The van der Waals surface area contributed by atoms with Gasteiger partial charge in [-0.2, -0.15) is 5.10 Å². The van der Waals surface area contributed by atoms with Gasteiger partial charge in [-0.25, -0.2) is 4.68 Å². The molecule has 0 atom stereocenters. The van der Waals surface area contributed by atoms with E-state index in [1.807, 2.05) is 25.1 Å². The van der Waals surface area contributed by atoms with E-state index in [1.54, 1.807) is 13.2 Å².